The minimum absolute atomic E-state index is 0.179. The number of hydrogen-bond acceptors (Lipinski definition) is 6. The Morgan fingerprint density at radius 3 is 1.94 bits per heavy atom. The normalized spacial score (nSPS) is 13.5. The molecule has 5 aromatic carbocycles. The first-order valence-electron chi connectivity index (χ1n) is 17.5. The predicted octanol–water partition coefficient (Wildman–Crippen LogP) is 9.30. The van der Waals surface area contributed by atoms with Crippen molar-refractivity contribution in [3.8, 4) is 16.9 Å². The zero-order valence-electron chi connectivity index (χ0n) is 30.6. The van der Waals surface area contributed by atoms with E-state index in [9.17, 15) is 27.9 Å². The van der Waals surface area contributed by atoms with E-state index in [1.54, 1.807) is 6.07 Å². The zero-order valence-corrected chi connectivity index (χ0v) is 31.5. The van der Waals surface area contributed by atoms with Crippen LogP contribution in [0.15, 0.2) is 121 Å². The molecule has 9 nitrogen and oxygen atoms in total. The van der Waals surface area contributed by atoms with Crippen molar-refractivity contribution in [1.29, 1.82) is 0 Å². The first kappa shape index (κ1) is 38.5. The summed E-state index contributed by atoms with van der Waals surface area (Å²) in [5, 5.41) is 9.13. The van der Waals surface area contributed by atoms with Crippen LogP contribution in [0.3, 0.4) is 0 Å². The van der Waals surface area contributed by atoms with Gasteiger partial charge in [0.15, 0.2) is 0 Å². The number of rotatable bonds is 12. The lowest BCUT2D eigenvalue weighted by molar-refractivity contribution is 0.00647. The number of fused-ring (bicyclic) bond motifs is 1. The van der Waals surface area contributed by atoms with Crippen molar-refractivity contribution in [1.82, 2.24) is 15.0 Å². The maximum absolute atomic E-state index is 14.6. The van der Waals surface area contributed by atoms with Gasteiger partial charge in [-0.3, -0.25) is 4.57 Å². The number of alkyl halides is 2. The number of nitrogens with zero attached hydrogens (tertiary/aromatic N) is 3. The molecule has 0 aliphatic heterocycles. The van der Waals surface area contributed by atoms with Crippen molar-refractivity contribution < 1.29 is 37.4 Å². The third kappa shape index (κ3) is 8.14. The van der Waals surface area contributed by atoms with Crippen LogP contribution in [0.1, 0.15) is 67.2 Å². The number of carbonyl (C=O) groups is 1. The van der Waals surface area contributed by atoms with E-state index in [1.807, 2.05) is 130 Å². The number of esters is 1. The van der Waals surface area contributed by atoms with Crippen LogP contribution in [-0.2, 0) is 33.3 Å². The van der Waals surface area contributed by atoms with Gasteiger partial charge in [-0.2, -0.15) is 8.78 Å². The molecule has 1 aromatic heterocycles. The van der Waals surface area contributed by atoms with E-state index >= 15 is 0 Å². The van der Waals surface area contributed by atoms with E-state index in [2.05, 4.69) is 10.3 Å². The van der Waals surface area contributed by atoms with Crippen LogP contribution in [0.25, 0.3) is 22.2 Å². The van der Waals surface area contributed by atoms with Crippen LogP contribution in [0.4, 0.5) is 8.78 Å². The molecule has 12 heteroatoms. The first-order chi connectivity index (χ1) is 25.5. The average Bonchev–Trinajstić information content (AvgIpc) is 3.56. The Balaban J connectivity index is 1.42. The van der Waals surface area contributed by atoms with Crippen LogP contribution in [0.2, 0.25) is 0 Å². The lowest BCUT2D eigenvalue weighted by Crippen LogP contribution is -2.40. The van der Waals surface area contributed by atoms with E-state index in [4.69, 9.17) is 9.47 Å². The molecule has 54 heavy (non-hydrogen) atoms. The summed E-state index contributed by atoms with van der Waals surface area (Å²) >= 11 is 0. The molecule has 280 valence electrons. The summed E-state index contributed by atoms with van der Waals surface area (Å²) in [4.78, 5) is 31.7. The molecule has 0 amide bonds. The summed E-state index contributed by atoms with van der Waals surface area (Å²) in [5.41, 5.74) is -0.709. The Morgan fingerprint density at radius 2 is 1.35 bits per heavy atom. The van der Waals surface area contributed by atoms with E-state index in [0.717, 1.165) is 39.9 Å². The Morgan fingerprint density at radius 1 is 0.778 bits per heavy atom. The highest BCUT2D eigenvalue weighted by atomic mass is 31.2. The van der Waals surface area contributed by atoms with Crippen molar-refractivity contribution in [2.75, 3.05) is 0 Å². The molecule has 6 aromatic rings. The third-order valence-corrected chi connectivity index (χ3v) is 9.97. The standard InChI is InChI=1S/C42H42F2N3O6P/c1-28(2)52-38-25-32(21-24-35(38)39(48)53-40(3,4)5)31-19-15-29(16-20-31)26-41(33-11-7-6-8-12-33,47-37-14-10-9-13-36(37)45-46-47)27-30-17-22-34(23-18-30)42(43,44)54(49,50)51/h6-25,28H,26-27H2,1-5H3,(H2,49,50,51). The fourth-order valence-electron chi connectivity index (χ4n) is 6.51. The van der Waals surface area contributed by atoms with Crippen molar-refractivity contribution in [2.24, 2.45) is 0 Å². The second-order valence-electron chi connectivity index (χ2n) is 14.6. The highest BCUT2D eigenvalue weighted by Crippen LogP contribution is 2.59. The van der Waals surface area contributed by atoms with Crippen molar-refractivity contribution >= 4 is 24.6 Å². The highest BCUT2D eigenvalue weighted by molar-refractivity contribution is 7.52. The first-order valence-corrected chi connectivity index (χ1v) is 19.1. The maximum atomic E-state index is 14.6. The van der Waals surface area contributed by atoms with Gasteiger partial charge < -0.3 is 19.3 Å². The molecule has 0 saturated heterocycles. The summed E-state index contributed by atoms with van der Waals surface area (Å²) in [6.45, 7) is 9.23. The van der Waals surface area contributed by atoms with Gasteiger partial charge in [0.05, 0.1) is 17.2 Å². The van der Waals surface area contributed by atoms with E-state index < -0.39 is 35.9 Å². The molecule has 0 radical (unpaired) electrons. The van der Waals surface area contributed by atoms with Gasteiger partial charge >= 0.3 is 19.2 Å². The number of halogens is 2. The molecule has 0 spiro atoms. The Labute approximate surface area is 312 Å². The third-order valence-electron chi connectivity index (χ3n) is 8.98. The minimum atomic E-state index is -5.74. The largest absolute Gasteiger partial charge is 0.490 e. The van der Waals surface area contributed by atoms with E-state index in [-0.39, 0.29) is 12.5 Å². The van der Waals surface area contributed by atoms with Gasteiger partial charge in [0.2, 0.25) is 0 Å². The van der Waals surface area contributed by atoms with Crippen molar-refractivity contribution in [2.45, 2.75) is 70.4 Å². The van der Waals surface area contributed by atoms with Gasteiger partial charge in [-0.1, -0.05) is 102 Å². The second-order valence-corrected chi connectivity index (χ2v) is 16.2. The SMILES string of the molecule is CC(C)Oc1cc(-c2ccc(CC(Cc3ccc(C(F)(F)P(=O)(O)O)cc3)(c3ccccc3)n3nnc4ccccc43)cc2)ccc1C(=O)OC(C)(C)C. The van der Waals surface area contributed by atoms with Crippen molar-refractivity contribution in [3.63, 3.8) is 0 Å². The van der Waals surface area contributed by atoms with Gasteiger partial charge in [-0.15, -0.1) is 5.10 Å². The Bertz CT molecular complexity index is 2300. The number of hydrogen-bond donors (Lipinski definition) is 2. The van der Waals surface area contributed by atoms with E-state index in [0.29, 0.717) is 28.8 Å². The number of ether oxygens (including phenoxy) is 2. The Kier molecular flexibility index (Phi) is 10.6. The summed E-state index contributed by atoms with van der Waals surface area (Å²) in [6.07, 6.45) is 0.502. The average molecular weight is 754 g/mol. The topological polar surface area (TPSA) is 124 Å². The smallest absolute Gasteiger partial charge is 0.399 e. The maximum Gasteiger partial charge on any atom is 0.399 e. The van der Waals surface area contributed by atoms with Crippen LogP contribution in [0.5, 0.6) is 5.75 Å². The fourth-order valence-corrected chi connectivity index (χ4v) is 6.99. The lowest BCUT2D eigenvalue weighted by Gasteiger charge is -2.36. The summed E-state index contributed by atoms with van der Waals surface area (Å²) < 4.78 is 54.4. The number of carbonyl (C=O) groups excluding carboxylic acids is 1. The number of para-hydroxylation sites is 1. The summed E-state index contributed by atoms with van der Waals surface area (Å²) in [5.74, 6) is -0.0466. The molecule has 1 heterocycles. The van der Waals surface area contributed by atoms with Crippen molar-refractivity contribution in [3.05, 3.63) is 149 Å². The molecule has 0 saturated carbocycles. The number of aromatic nitrogens is 3. The van der Waals surface area contributed by atoms with Gasteiger partial charge in [-0.05, 0) is 86.7 Å². The molecule has 6 rings (SSSR count). The highest BCUT2D eigenvalue weighted by Gasteiger charge is 2.50. The van der Waals surface area contributed by atoms with Gasteiger partial charge in [0.25, 0.3) is 0 Å². The molecular formula is C42H42F2N3O6P. The summed E-state index contributed by atoms with van der Waals surface area (Å²) in [6, 6.07) is 35.8. The molecular weight excluding hydrogens is 711 g/mol. The van der Waals surface area contributed by atoms with E-state index in [1.165, 1.54) is 12.1 Å². The van der Waals surface area contributed by atoms with Gasteiger partial charge in [0, 0.05) is 18.4 Å². The van der Waals surface area contributed by atoms with Crippen LogP contribution in [0, 0.1) is 0 Å². The zero-order chi connectivity index (χ0) is 38.9. The predicted molar refractivity (Wildman–Crippen MR) is 204 cm³/mol. The molecule has 0 fully saturated rings. The lowest BCUT2D eigenvalue weighted by atomic mass is 9.78. The van der Waals surface area contributed by atoms with Crippen LogP contribution in [-0.4, -0.2) is 42.5 Å². The van der Waals surface area contributed by atoms with Gasteiger partial charge in [0.1, 0.15) is 22.4 Å². The minimum Gasteiger partial charge on any atom is -0.490 e. The fraction of sp³-hybridized carbons (Fsp3) is 0.262. The molecule has 0 aliphatic carbocycles. The second kappa shape index (κ2) is 14.9. The molecule has 2 N–H and O–H groups in total. The van der Waals surface area contributed by atoms with Crippen LogP contribution < -0.4 is 4.74 Å². The Hall–Kier alpha value is -5.22. The molecule has 1 unspecified atom stereocenters. The monoisotopic (exact) mass is 753 g/mol. The number of benzene rings is 5. The molecule has 1 atom stereocenters. The quantitative estimate of drug-likeness (QED) is 0.0937. The summed E-state index contributed by atoms with van der Waals surface area (Å²) in [7, 11) is -5.74. The molecule has 0 aliphatic rings. The van der Waals surface area contributed by atoms with Gasteiger partial charge in [-0.25, -0.2) is 9.48 Å². The molecule has 0 bridgehead atoms. The van der Waals surface area contributed by atoms with Crippen LogP contribution >= 0.6 is 7.60 Å².